The summed E-state index contributed by atoms with van der Waals surface area (Å²) in [5, 5.41) is 14.6. The maximum absolute atomic E-state index is 12.2. The van der Waals surface area contributed by atoms with Crippen LogP contribution in [-0.2, 0) is 16.6 Å². The third kappa shape index (κ3) is 3.06. The van der Waals surface area contributed by atoms with Crippen LogP contribution < -0.4 is 10.7 Å². The van der Waals surface area contributed by atoms with E-state index in [0.717, 1.165) is 5.56 Å². The summed E-state index contributed by atoms with van der Waals surface area (Å²) in [5.74, 6) is 0. The predicted octanol–water partition coefficient (Wildman–Crippen LogP) is 1.57. The maximum atomic E-state index is 12.2. The van der Waals surface area contributed by atoms with Crippen molar-refractivity contribution < 1.29 is 8.42 Å². The summed E-state index contributed by atoms with van der Waals surface area (Å²) in [4.78, 5) is 12.2. The van der Waals surface area contributed by atoms with E-state index in [1.54, 1.807) is 41.0 Å². The minimum absolute atomic E-state index is 0.00132. The summed E-state index contributed by atoms with van der Waals surface area (Å²) in [5.41, 5.74) is 1.82. The largest absolute Gasteiger partial charge is 0.304 e. The van der Waals surface area contributed by atoms with Crippen LogP contribution in [0.15, 0.2) is 64.3 Å². The molecule has 0 atom stereocenters. The number of hydrogen-bond donors (Lipinski definition) is 1. The molecule has 3 rings (SSSR count). The van der Waals surface area contributed by atoms with Crippen molar-refractivity contribution >= 4 is 20.9 Å². The van der Waals surface area contributed by atoms with Crippen molar-refractivity contribution in [1.82, 2.24) is 4.57 Å². The van der Waals surface area contributed by atoms with Gasteiger partial charge in [0.25, 0.3) is 5.56 Å². The zero-order valence-electron chi connectivity index (χ0n) is 12.5. The Bertz CT molecular complexity index is 1120. The van der Waals surface area contributed by atoms with Gasteiger partial charge in [-0.25, -0.2) is 13.6 Å². The number of rotatable bonds is 3. The summed E-state index contributed by atoms with van der Waals surface area (Å²) >= 11 is 0. The first-order valence-electron chi connectivity index (χ1n) is 7.04. The minimum Gasteiger partial charge on any atom is -0.304 e. The number of primary sulfonamides is 1. The van der Waals surface area contributed by atoms with Crippen LogP contribution in [0.5, 0.6) is 0 Å². The molecule has 1 aromatic heterocycles. The number of fused-ring (bicyclic) bond motifs is 1. The molecule has 0 radical (unpaired) electrons. The lowest BCUT2D eigenvalue weighted by Gasteiger charge is -2.11. The first kappa shape index (κ1) is 15.9. The molecule has 0 amide bonds. The molecule has 0 aliphatic carbocycles. The van der Waals surface area contributed by atoms with Gasteiger partial charge in [0.15, 0.2) is 0 Å². The first-order valence-corrected chi connectivity index (χ1v) is 8.58. The molecule has 1 heterocycles. The van der Waals surface area contributed by atoms with E-state index in [0.29, 0.717) is 23.0 Å². The van der Waals surface area contributed by atoms with Crippen LogP contribution in [0.25, 0.3) is 10.9 Å². The highest BCUT2D eigenvalue weighted by Gasteiger charge is 2.10. The van der Waals surface area contributed by atoms with E-state index in [9.17, 15) is 13.2 Å². The van der Waals surface area contributed by atoms with Gasteiger partial charge in [-0.2, -0.15) is 5.26 Å². The monoisotopic (exact) mass is 339 g/mol. The molecule has 0 unspecified atom stereocenters. The molecule has 3 aromatic rings. The third-order valence-electron chi connectivity index (χ3n) is 3.71. The number of nitrogens with two attached hydrogens (primary N) is 1. The molecular formula is C17H13N3O3S. The van der Waals surface area contributed by atoms with Crippen molar-refractivity contribution in [3.63, 3.8) is 0 Å². The Balaban J connectivity index is 2.11. The normalized spacial score (nSPS) is 11.3. The van der Waals surface area contributed by atoms with Gasteiger partial charge in [-0.15, -0.1) is 0 Å². The number of pyridine rings is 1. The molecule has 2 N–H and O–H groups in total. The fraction of sp³-hybridized carbons (Fsp3) is 0.0588. The smallest absolute Gasteiger partial charge is 0.251 e. The van der Waals surface area contributed by atoms with E-state index in [-0.39, 0.29) is 10.5 Å². The Morgan fingerprint density at radius 3 is 2.38 bits per heavy atom. The summed E-state index contributed by atoms with van der Waals surface area (Å²) in [6.07, 6.45) is 0. The highest BCUT2D eigenvalue weighted by atomic mass is 32.2. The average molecular weight is 339 g/mol. The van der Waals surface area contributed by atoms with Gasteiger partial charge in [0, 0.05) is 6.07 Å². The van der Waals surface area contributed by atoms with E-state index >= 15 is 0 Å². The summed E-state index contributed by atoms with van der Waals surface area (Å²) in [6, 6.07) is 16.3. The van der Waals surface area contributed by atoms with Gasteiger partial charge in [-0.1, -0.05) is 12.1 Å². The van der Waals surface area contributed by atoms with E-state index in [1.807, 2.05) is 6.07 Å². The Hall–Kier alpha value is -2.95. The minimum atomic E-state index is -3.80. The van der Waals surface area contributed by atoms with Crippen LogP contribution >= 0.6 is 0 Å². The first-order chi connectivity index (χ1) is 11.4. The summed E-state index contributed by atoms with van der Waals surface area (Å²) < 4.78 is 24.5. The molecule has 0 saturated heterocycles. The molecule has 7 heteroatoms. The predicted molar refractivity (Wildman–Crippen MR) is 89.8 cm³/mol. The topological polar surface area (TPSA) is 106 Å². The van der Waals surface area contributed by atoms with Gasteiger partial charge in [-0.05, 0) is 47.3 Å². The molecule has 6 nitrogen and oxygen atoms in total. The zero-order valence-corrected chi connectivity index (χ0v) is 13.3. The van der Waals surface area contributed by atoms with Gasteiger partial charge in [0.05, 0.1) is 28.6 Å². The second-order valence-electron chi connectivity index (χ2n) is 5.33. The number of nitrogens with zero attached hydrogens (tertiary/aromatic N) is 2. The quantitative estimate of drug-likeness (QED) is 0.781. The molecule has 0 spiro atoms. The highest BCUT2D eigenvalue weighted by Crippen LogP contribution is 2.18. The summed E-state index contributed by atoms with van der Waals surface area (Å²) in [6.45, 7) is 0.316. The van der Waals surface area contributed by atoms with E-state index < -0.39 is 10.0 Å². The van der Waals surface area contributed by atoms with Gasteiger partial charge in [-0.3, -0.25) is 4.79 Å². The van der Waals surface area contributed by atoms with Crippen LogP contribution in [0.1, 0.15) is 11.1 Å². The second-order valence-corrected chi connectivity index (χ2v) is 6.89. The van der Waals surface area contributed by atoms with Crippen molar-refractivity contribution in [3.8, 4) is 6.07 Å². The number of hydrogen-bond acceptors (Lipinski definition) is 4. The molecule has 2 aromatic carbocycles. The van der Waals surface area contributed by atoms with Gasteiger partial charge in [0.2, 0.25) is 10.0 Å². The third-order valence-corrected chi connectivity index (χ3v) is 4.62. The fourth-order valence-corrected chi connectivity index (χ4v) is 3.04. The molecule has 0 fully saturated rings. The van der Waals surface area contributed by atoms with Crippen molar-refractivity contribution in [2.75, 3.05) is 0 Å². The molecule has 0 bridgehead atoms. The van der Waals surface area contributed by atoms with Crippen molar-refractivity contribution in [1.29, 1.82) is 5.26 Å². The van der Waals surface area contributed by atoms with Crippen molar-refractivity contribution in [2.24, 2.45) is 5.14 Å². The number of nitriles is 1. The zero-order chi connectivity index (χ0) is 17.3. The van der Waals surface area contributed by atoms with Gasteiger partial charge < -0.3 is 4.57 Å². The Labute approximate surface area is 138 Å². The van der Waals surface area contributed by atoms with Crippen LogP contribution in [0.3, 0.4) is 0 Å². The second kappa shape index (κ2) is 5.92. The fourth-order valence-electron chi connectivity index (χ4n) is 2.49. The molecule has 0 saturated carbocycles. The lowest BCUT2D eigenvalue weighted by Crippen LogP contribution is -2.20. The Kier molecular flexibility index (Phi) is 3.93. The molecular weight excluding hydrogens is 326 g/mol. The lowest BCUT2D eigenvalue weighted by atomic mass is 10.1. The van der Waals surface area contributed by atoms with Crippen LogP contribution in [0.4, 0.5) is 0 Å². The Morgan fingerprint density at radius 2 is 1.75 bits per heavy atom. The number of aromatic nitrogens is 1. The highest BCUT2D eigenvalue weighted by molar-refractivity contribution is 7.89. The van der Waals surface area contributed by atoms with Crippen LogP contribution in [0.2, 0.25) is 0 Å². The van der Waals surface area contributed by atoms with Gasteiger partial charge >= 0.3 is 0 Å². The summed E-state index contributed by atoms with van der Waals surface area (Å²) in [7, 11) is -3.80. The van der Waals surface area contributed by atoms with Gasteiger partial charge in [0.1, 0.15) is 0 Å². The maximum Gasteiger partial charge on any atom is 0.251 e. The Morgan fingerprint density at radius 1 is 1.04 bits per heavy atom. The lowest BCUT2D eigenvalue weighted by molar-refractivity contribution is 0.598. The van der Waals surface area contributed by atoms with Crippen LogP contribution in [0, 0.1) is 11.3 Å². The standard InChI is InChI=1S/C17H13N3O3S/c18-10-12-1-3-13(4-2-12)11-20-16-7-6-15(24(19,22)23)9-14(16)5-8-17(20)21/h1-9H,11H2,(H2,19,22,23). The van der Waals surface area contributed by atoms with E-state index in [1.165, 1.54) is 18.2 Å². The van der Waals surface area contributed by atoms with Crippen molar-refractivity contribution in [2.45, 2.75) is 11.4 Å². The molecule has 0 aliphatic rings. The molecule has 24 heavy (non-hydrogen) atoms. The number of benzene rings is 2. The SMILES string of the molecule is N#Cc1ccc(Cn2c(=O)ccc3cc(S(N)(=O)=O)ccc32)cc1. The number of sulfonamides is 1. The average Bonchev–Trinajstić information content (AvgIpc) is 2.57. The molecule has 0 aliphatic heterocycles. The van der Waals surface area contributed by atoms with Crippen LogP contribution in [-0.4, -0.2) is 13.0 Å². The van der Waals surface area contributed by atoms with E-state index in [2.05, 4.69) is 0 Å². The van der Waals surface area contributed by atoms with E-state index in [4.69, 9.17) is 10.4 Å². The van der Waals surface area contributed by atoms with Crippen molar-refractivity contribution in [3.05, 3.63) is 76.1 Å². The molecule has 120 valence electrons.